The van der Waals surface area contributed by atoms with E-state index < -0.39 is 11.7 Å². The van der Waals surface area contributed by atoms with Crippen molar-refractivity contribution in [1.29, 1.82) is 0 Å². The van der Waals surface area contributed by atoms with Crippen LogP contribution in [0.4, 0.5) is 13.2 Å². The highest BCUT2D eigenvalue weighted by atomic mass is 35.5. The zero-order chi connectivity index (χ0) is 15.5. The van der Waals surface area contributed by atoms with Crippen LogP contribution in [0.5, 0.6) is 0 Å². The van der Waals surface area contributed by atoms with E-state index in [-0.39, 0.29) is 29.8 Å². The van der Waals surface area contributed by atoms with Crippen LogP contribution in [0.3, 0.4) is 0 Å². The van der Waals surface area contributed by atoms with Gasteiger partial charge in [-0.15, -0.1) is 0 Å². The lowest BCUT2D eigenvalue weighted by Crippen LogP contribution is -2.41. The first kappa shape index (κ1) is 16.6. The van der Waals surface area contributed by atoms with Gasteiger partial charge < -0.3 is 5.32 Å². The molecule has 0 saturated heterocycles. The smallest absolute Gasteiger partial charge is 0.248 e. The number of nitrogens with one attached hydrogen (secondary N) is 1. The maximum absolute atomic E-state index is 14.0. The normalized spacial score (nSPS) is 20.4. The van der Waals surface area contributed by atoms with Crippen LogP contribution in [0.15, 0.2) is 18.2 Å². The van der Waals surface area contributed by atoms with Gasteiger partial charge in [0.25, 0.3) is 0 Å². The van der Waals surface area contributed by atoms with Crippen LogP contribution < -0.4 is 5.32 Å². The lowest BCUT2D eigenvalue weighted by atomic mass is 9.80. The minimum Gasteiger partial charge on any atom is -0.314 e. The largest absolute Gasteiger partial charge is 0.314 e. The molecule has 5 heteroatoms. The van der Waals surface area contributed by atoms with Crippen LogP contribution in [0.25, 0.3) is 0 Å². The monoisotopic (exact) mass is 319 g/mol. The van der Waals surface area contributed by atoms with Gasteiger partial charge in [0.05, 0.1) is 5.02 Å². The molecule has 1 unspecified atom stereocenters. The first-order valence-electron chi connectivity index (χ1n) is 7.47. The summed E-state index contributed by atoms with van der Waals surface area (Å²) in [7, 11) is 0. The maximum atomic E-state index is 14.0. The molecule has 1 aliphatic carbocycles. The number of hydrogen-bond donors (Lipinski definition) is 1. The van der Waals surface area contributed by atoms with Crippen molar-refractivity contribution >= 4 is 11.6 Å². The second kappa shape index (κ2) is 7.01. The molecule has 1 aromatic carbocycles. The number of halogens is 4. The van der Waals surface area contributed by atoms with Crippen LogP contribution >= 0.6 is 11.6 Å². The van der Waals surface area contributed by atoms with Gasteiger partial charge in [0.1, 0.15) is 5.82 Å². The van der Waals surface area contributed by atoms with Gasteiger partial charge in [-0.3, -0.25) is 0 Å². The zero-order valence-electron chi connectivity index (χ0n) is 12.1. The van der Waals surface area contributed by atoms with E-state index >= 15 is 0 Å². The number of alkyl halides is 2. The van der Waals surface area contributed by atoms with Crippen molar-refractivity contribution in [3.05, 3.63) is 34.6 Å². The molecule has 0 bridgehead atoms. The Morgan fingerprint density at radius 2 is 2.00 bits per heavy atom. The first-order valence-corrected chi connectivity index (χ1v) is 7.85. The molecule has 1 saturated carbocycles. The van der Waals surface area contributed by atoms with Crippen LogP contribution in [0.1, 0.15) is 38.2 Å². The quantitative estimate of drug-likeness (QED) is 0.820. The van der Waals surface area contributed by atoms with Crippen molar-refractivity contribution < 1.29 is 13.2 Å². The van der Waals surface area contributed by atoms with Crippen LogP contribution in [0, 0.1) is 11.7 Å². The molecule has 21 heavy (non-hydrogen) atoms. The van der Waals surface area contributed by atoms with Crippen LogP contribution in [-0.2, 0) is 6.42 Å². The molecule has 0 heterocycles. The van der Waals surface area contributed by atoms with E-state index in [0.717, 1.165) is 6.54 Å². The summed E-state index contributed by atoms with van der Waals surface area (Å²) in [5, 5.41) is 3.43. The summed E-state index contributed by atoms with van der Waals surface area (Å²) >= 11 is 5.80. The highest BCUT2D eigenvalue weighted by Crippen LogP contribution is 2.38. The van der Waals surface area contributed by atoms with Crippen LogP contribution in [-0.4, -0.2) is 18.5 Å². The first-order chi connectivity index (χ1) is 9.93. The lowest BCUT2D eigenvalue weighted by Gasteiger charge is -2.34. The minimum absolute atomic E-state index is 0.0130. The number of rotatable bonds is 5. The number of benzene rings is 1. The molecule has 1 aromatic rings. The summed E-state index contributed by atoms with van der Waals surface area (Å²) in [5.41, 5.74) is 0.547. The maximum Gasteiger partial charge on any atom is 0.248 e. The van der Waals surface area contributed by atoms with Gasteiger partial charge in [-0.05, 0) is 43.4 Å². The van der Waals surface area contributed by atoms with Crippen LogP contribution in [0.2, 0.25) is 5.02 Å². The van der Waals surface area contributed by atoms with Crippen molar-refractivity contribution in [2.75, 3.05) is 6.54 Å². The fourth-order valence-electron chi connectivity index (χ4n) is 3.08. The molecule has 2 rings (SSSR count). The average Bonchev–Trinajstić information content (AvgIpc) is 2.43. The minimum atomic E-state index is -2.53. The molecule has 1 aliphatic rings. The highest BCUT2D eigenvalue weighted by Gasteiger charge is 2.37. The molecule has 1 atom stereocenters. The Hall–Kier alpha value is -0.740. The molecule has 1 N–H and O–H groups in total. The Morgan fingerprint density at radius 1 is 1.33 bits per heavy atom. The predicted molar refractivity (Wildman–Crippen MR) is 79.5 cm³/mol. The third-order valence-corrected chi connectivity index (χ3v) is 4.56. The van der Waals surface area contributed by atoms with Gasteiger partial charge in [0.15, 0.2) is 0 Å². The zero-order valence-corrected chi connectivity index (χ0v) is 12.9. The summed E-state index contributed by atoms with van der Waals surface area (Å²) in [6.07, 6.45) is 1.30. The van der Waals surface area contributed by atoms with Crippen molar-refractivity contribution in [3.63, 3.8) is 0 Å². The van der Waals surface area contributed by atoms with E-state index in [0.29, 0.717) is 24.8 Å². The van der Waals surface area contributed by atoms with E-state index in [4.69, 9.17) is 11.6 Å². The molecule has 1 nitrogen and oxygen atoms in total. The highest BCUT2D eigenvalue weighted by molar-refractivity contribution is 6.30. The predicted octanol–water partition coefficient (Wildman–Crippen LogP) is 4.83. The molecule has 0 amide bonds. The summed E-state index contributed by atoms with van der Waals surface area (Å²) < 4.78 is 40.6. The van der Waals surface area contributed by atoms with Gasteiger partial charge >= 0.3 is 0 Å². The molecule has 0 spiro atoms. The Bertz CT molecular complexity index is 469. The summed E-state index contributed by atoms with van der Waals surface area (Å²) in [6.45, 7) is 2.71. The number of hydrogen-bond acceptors (Lipinski definition) is 1. The van der Waals surface area contributed by atoms with Crippen molar-refractivity contribution in [2.24, 2.45) is 5.92 Å². The molecule has 0 radical (unpaired) electrons. The fraction of sp³-hybridized carbons (Fsp3) is 0.625. The molecule has 118 valence electrons. The van der Waals surface area contributed by atoms with Gasteiger partial charge in [-0.2, -0.15) is 0 Å². The Labute approximate surface area is 128 Å². The average molecular weight is 320 g/mol. The molecule has 0 aliphatic heterocycles. The molecular formula is C16H21ClF3N. The molecule has 1 fully saturated rings. The van der Waals surface area contributed by atoms with E-state index in [1.165, 1.54) is 6.07 Å². The third kappa shape index (κ3) is 4.36. The third-order valence-electron chi connectivity index (χ3n) is 4.27. The van der Waals surface area contributed by atoms with Gasteiger partial charge in [0.2, 0.25) is 5.92 Å². The van der Waals surface area contributed by atoms with E-state index in [1.807, 2.05) is 6.92 Å². The Balaban J connectivity index is 2.07. The number of likely N-dealkylation sites (N-methyl/N-ethyl adjacent to an activating group) is 1. The standard InChI is InChI=1S/C16H21ClF3N/c1-2-21-14(11-6-8-16(19,20)9-7-11)10-12-4-3-5-13(17)15(12)18/h3-5,11,14,21H,2,6-10H2,1H3. The second-order valence-electron chi connectivity index (χ2n) is 5.77. The van der Waals surface area contributed by atoms with Gasteiger partial charge in [-0.1, -0.05) is 30.7 Å². The summed E-state index contributed by atoms with van der Waals surface area (Å²) in [4.78, 5) is 0. The fourth-order valence-corrected chi connectivity index (χ4v) is 3.27. The lowest BCUT2D eigenvalue weighted by molar-refractivity contribution is -0.0495. The van der Waals surface area contributed by atoms with E-state index in [1.54, 1.807) is 12.1 Å². The SMILES string of the molecule is CCNC(Cc1cccc(Cl)c1F)C1CCC(F)(F)CC1. The molecule has 0 aromatic heterocycles. The van der Waals surface area contributed by atoms with Gasteiger partial charge in [-0.25, -0.2) is 13.2 Å². The summed E-state index contributed by atoms with van der Waals surface area (Å²) in [5.74, 6) is -2.78. The topological polar surface area (TPSA) is 12.0 Å². The van der Waals surface area contributed by atoms with E-state index in [9.17, 15) is 13.2 Å². The van der Waals surface area contributed by atoms with E-state index in [2.05, 4.69) is 5.32 Å². The van der Waals surface area contributed by atoms with Crippen molar-refractivity contribution in [1.82, 2.24) is 5.32 Å². The van der Waals surface area contributed by atoms with Crippen molar-refractivity contribution in [2.45, 2.75) is 51.0 Å². The summed E-state index contributed by atoms with van der Waals surface area (Å²) in [6, 6.07) is 4.96. The molecular weight excluding hydrogens is 299 g/mol. The van der Waals surface area contributed by atoms with Crippen molar-refractivity contribution in [3.8, 4) is 0 Å². The Morgan fingerprint density at radius 3 is 2.62 bits per heavy atom. The Kier molecular flexibility index (Phi) is 5.55. The van der Waals surface area contributed by atoms with Gasteiger partial charge in [0, 0.05) is 18.9 Å². The second-order valence-corrected chi connectivity index (χ2v) is 6.18.